The summed E-state index contributed by atoms with van der Waals surface area (Å²) in [6.45, 7) is 6.86. The van der Waals surface area contributed by atoms with E-state index >= 15 is 0 Å². The summed E-state index contributed by atoms with van der Waals surface area (Å²) < 4.78 is 5.34. The number of aromatic nitrogens is 3. The fourth-order valence-corrected chi connectivity index (χ4v) is 2.87. The van der Waals surface area contributed by atoms with E-state index in [1.54, 1.807) is 24.2 Å². The molecule has 0 N–H and O–H groups in total. The molecule has 7 heteroatoms. The van der Waals surface area contributed by atoms with Crippen LogP contribution in [0.5, 0.6) is 0 Å². The highest BCUT2D eigenvalue weighted by Crippen LogP contribution is 2.15. The van der Waals surface area contributed by atoms with Crippen LogP contribution < -0.4 is 4.90 Å². The van der Waals surface area contributed by atoms with Gasteiger partial charge < -0.3 is 9.32 Å². The van der Waals surface area contributed by atoms with E-state index in [1.165, 1.54) is 5.56 Å². The van der Waals surface area contributed by atoms with Gasteiger partial charge in [-0.2, -0.15) is 0 Å². The van der Waals surface area contributed by atoms with Crippen molar-refractivity contribution in [1.82, 2.24) is 19.9 Å². The van der Waals surface area contributed by atoms with Crippen LogP contribution in [-0.4, -0.2) is 51.8 Å². The number of hydrogen-bond donors (Lipinski definition) is 0. The average Bonchev–Trinajstić information content (AvgIpc) is 3.05. The van der Waals surface area contributed by atoms with E-state index in [4.69, 9.17) is 4.42 Å². The zero-order chi connectivity index (χ0) is 14.5. The second-order valence-corrected chi connectivity index (χ2v) is 6.12. The molecular weight excluding hydrogens is 286 g/mol. The summed E-state index contributed by atoms with van der Waals surface area (Å²) in [6, 6.07) is 0.721. The van der Waals surface area contributed by atoms with E-state index in [2.05, 4.69) is 31.7 Å². The zero-order valence-corrected chi connectivity index (χ0v) is 12.9. The molecule has 1 aliphatic rings. The molecule has 3 rings (SSSR count). The number of thioether (sulfide) groups is 1. The molecule has 2 aromatic heterocycles. The fraction of sp³-hybridized carbons (Fsp3) is 0.500. The first-order valence-electron chi connectivity index (χ1n) is 7.15. The molecule has 1 aliphatic heterocycles. The minimum Gasteiger partial charge on any atom is -0.432 e. The third-order valence-corrected chi connectivity index (χ3v) is 4.18. The van der Waals surface area contributed by atoms with Crippen molar-refractivity contribution < 1.29 is 4.42 Å². The Morgan fingerprint density at radius 3 is 2.52 bits per heavy atom. The lowest BCUT2D eigenvalue weighted by Gasteiger charge is -2.33. The third kappa shape index (κ3) is 3.74. The van der Waals surface area contributed by atoms with Gasteiger partial charge >= 0.3 is 0 Å². The molecular formula is C14H19N5OS. The standard InChI is InChI=1S/C14H19N5OS/c1-2-21-13-16-9-12(10-17-13)11-18-4-6-19(7-5-18)14-15-3-8-20-14/h3,8-10H,2,4-7,11H2,1H3. The Morgan fingerprint density at radius 2 is 1.90 bits per heavy atom. The molecule has 0 aromatic carbocycles. The van der Waals surface area contributed by atoms with Crippen LogP contribution in [0, 0.1) is 0 Å². The van der Waals surface area contributed by atoms with Crippen LogP contribution in [0.4, 0.5) is 6.01 Å². The summed E-state index contributed by atoms with van der Waals surface area (Å²) in [5, 5.41) is 0.856. The third-order valence-electron chi connectivity index (χ3n) is 3.42. The smallest absolute Gasteiger partial charge is 0.297 e. The number of anilines is 1. The zero-order valence-electron chi connectivity index (χ0n) is 12.1. The molecule has 0 spiro atoms. The fourth-order valence-electron chi connectivity index (χ4n) is 2.36. The molecule has 0 unspecified atom stereocenters. The maximum absolute atomic E-state index is 5.34. The Morgan fingerprint density at radius 1 is 1.14 bits per heavy atom. The Kier molecular flexibility index (Phi) is 4.72. The molecule has 0 atom stereocenters. The number of rotatable bonds is 5. The van der Waals surface area contributed by atoms with Gasteiger partial charge in [-0.05, 0) is 5.75 Å². The number of nitrogens with zero attached hydrogens (tertiary/aromatic N) is 5. The molecule has 0 amide bonds. The Hall–Kier alpha value is -1.60. The van der Waals surface area contributed by atoms with Crippen molar-refractivity contribution in [1.29, 1.82) is 0 Å². The van der Waals surface area contributed by atoms with E-state index < -0.39 is 0 Å². The van der Waals surface area contributed by atoms with E-state index in [0.29, 0.717) is 0 Å². The molecule has 1 fully saturated rings. The van der Waals surface area contributed by atoms with Crippen molar-refractivity contribution in [2.75, 3.05) is 36.8 Å². The first-order valence-corrected chi connectivity index (χ1v) is 8.14. The van der Waals surface area contributed by atoms with Gasteiger partial charge in [-0.3, -0.25) is 4.90 Å². The molecule has 0 bridgehead atoms. The maximum atomic E-state index is 5.34. The van der Waals surface area contributed by atoms with Gasteiger partial charge in [-0.25, -0.2) is 15.0 Å². The van der Waals surface area contributed by atoms with Gasteiger partial charge in [0.1, 0.15) is 6.26 Å². The van der Waals surface area contributed by atoms with Crippen molar-refractivity contribution in [2.45, 2.75) is 18.6 Å². The molecule has 2 aromatic rings. The number of piperazine rings is 1. The van der Waals surface area contributed by atoms with Crippen LogP contribution in [0.2, 0.25) is 0 Å². The van der Waals surface area contributed by atoms with E-state index in [0.717, 1.165) is 49.6 Å². The highest BCUT2D eigenvalue weighted by molar-refractivity contribution is 7.99. The molecule has 1 saturated heterocycles. The number of oxazole rings is 1. The predicted octanol–water partition coefficient (Wildman–Crippen LogP) is 1.90. The largest absolute Gasteiger partial charge is 0.432 e. The van der Waals surface area contributed by atoms with Crippen LogP contribution in [0.3, 0.4) is 0 Å². The van der Waals surface area contributed by atoms with Crippen LogP contribution in [0.1, 0.15) is 12.5 Å². The molecule has 3 heterocycles. The molecule has 0 radical (unpaired) electrons. The van der Waals surface area contributed by atoms with Crippen molar-refractivity contribution in [3.05, 3.63) is 30.4 Å². The van der Waals surface area contributed by atoms with Crippen molar-refractivity contribution in [3.63, 3.8) is 0 Å². The van der Waals surface area contributed by atoms with Crippen molar-refractivity contribution >= 4 is 17.8 Å². The molecule has 0 saturated carbocycles. The van der Waals surface area contributed by atoms with Gasteiger partial charge in [0.05, 0.1) is 6.20 Å². The van der Waals surface area contributed by atoms with Crippen LogP contribution in [0.15, 0.2) is 34.4 Å². The first kappa shape index (κ1) is 14.3. The van der Waals surface area contributed by atoms with Gasteiger partial charge in [0.2, 0.25) is 0 Å². The van der Waals surface area contributed by atoms with Crippen LogP contribution in [-0.2, 0) is 6.54 Å². The summed E-state index contributed by atoms with van der Waals surface area (Å²) in [5.74, 6) is 1.00. The lowest BCUT2D eigenvalue weighted by molar-refractivity contribution is 0.244. The normalized spacial score (nSPS) is 16.3. The minimum absolute atomic E-state index is 0.721. The van der Waals surface area contributed by atoms with E-state index in [-0.39, 0.29) is 0 Å². The Bertz CT molecular complexity index is 537. The van der Waals surface area contributed by atoms with Crippen molar-refractivity contribution in [2.24, 2.45) is 0 Å². The maximum Gasteiger partial charge on any atom is 0.297 e. The summed E-state index contributed by atoms with van der Waals surface area (Å²) in [4.78, 5) is 17.5. The highest BCUT2D eigenvalue weighted by Gasteiger charge is 2.19. The highest BCUT2D eigenvalue weighted by atomic mass is 32.2. The lowest BCUT2D eigenvalue weighted by atomic mass is 10.2. The molecule has 6 nitrogen and oxygen atoms in total. The second kappa shape index (κ2) is 6.91. The van der Waals surface area contributed by atoms with Gasteiger partial charge in [-0.15, -0.1) is 0 Å². The van der Waals surface area contributed by atoms with Crippen LogP contribution >= 0.6 is 11.8 Å². The number of hydrogen-bond acceptors (Lipinski definition) is 7. The molecule has 21 heavy (non-hydrogen) atoms. The van der Waals surface area contributed by atoms with E-state index in [1.807, 2.05) is 12.4 Å². The molecule has 112 valence electrons. The minimum atomic E-state index is 0.721. The average molecular weight is 305 g/mol. The van der Waals surface area contributed by atoms with Crippen LogP contribution in [0.25, 0.3) is 0 Å². The SMILES string of the molecule is CCSc1ncc(CN2CCN(c3ncco3)CC2)cn1. The predicted molar refractivity (Wildman–Crippen MR) is 82.4 cm³/mol. The topological polar surface area (TPSA) is 58.3 Å². The van der Waals surface area contributed by atoms with Gasteiger partial charge in [0, 0.05) is 50.7 Å². The lowest BCUT2D eigenvalue weighted by Crippen LogP contribution is -2.46. The Labute approximate surface area is 128 Å². The van der Waals surface area contributed by atoms with Crippen molar-refractivity contribution in [3.8, 4) is 0 Å². The van der Waals surface area contributed by atoms with Gasteiger partial charge in [0.25, 0.3) is 6.01 Å². The summed E-state index contributed by atoms with van der Waals surface area (Å²) in [6.07, 6.45) is 7.18. The summed E-state index contributed by atoms with van der Waals surface area (Å²) in [7, 11) is 0. The van der Waals surface area contributed by atoms with Gasteiger partial charge in [-0.1, -0.05) is 18.7 Å². The van der Waals surface area contributed by atoms with Gasteiger partial charge in [0.15, 0.2) is 5.16 Å². The monoisotopic (exact) mass is 305 g/mol. The second-order valence-electron chi connectivity index (χ2n) is 4.88. The summed E-state index contributed by atoms with van der Waals surface area (Å²) in [5.41, 5.74) is 1.17. The summed E-state index contributed by atoms with van der Waals surface area (Å²) >= 11 is 1.67. The Balaban J connectivity index is 1.51. The first-order chi connectivity index (χ1) is 10.3. The van der Waals surface area contributed by atoms with E-state index in [9.17, 15) is 0 Å². The quantitative estimate of drug-likeness (QED) is 0.617. The molecule has 0 aliphatic carbocycles.